The number of phosphoric acid groups is 3. The van der Waals surface area contributed by atoms with Crippen molar-refractivity contribution in [3.63, 3.8) is 0 Å². The monoisotopic (exact) mass is 484 g/mol. The molecule has 1 aliphatic rings. The van der Waals surface area contributed by atoms with Gasteiger partial charge in [-0.2, -0.15) is 13.0 Å². The van der Waals surface area contributed by atoms with Crippen molar-refractivity contribution in [2.45, 2.75) is 30.7 Å². The maximum atomic E-state index is 14.2. The molecule has 0 spiro atoms. The van der Waals surface area contributed by atoms with Gasteiger partial charge in [-0.3, -0.25) is 4.52 Å². The molecule has 0 amide bonds. The zero-order valence-corrected chi connectivity index (χ0v) is 16.8. The summed E-state index contributed by atoms with van der Waals surface area (Å²) in [6, 6.07) is -0.643. The lowest BCUT2D eigenvalue weighted by Gasteiger charge is -2.24. The van der Waals surface area contributed by atoms with E-state index in [4.69, 9.17) is 35.2 Å². The molecule has 1 rings (SSSR count). The van der Waals surface area contributed by atoms with E-state index in [2.05, 4.69) is 33.2 Å². The van der Waals surface area contributed by atoms with Gasteiger partial charge in [0.25, 0.3) is 0 Å². The van der Waals surface area contributed by atoms with Crippen molar-refractivity contribution in [3.05, 3.63) is 20.9 Å². The first-order chi connectivity index (χ1) is 13.1. The predicted octanol–water partition coefficient (Wildman–Crippen LogP) is 0.664. The van der Waals surface area contributed by atoms with Crippen molar-refractivity contribution >= 4 is 31.3 Å². The molecule has 4 N–H and O–H groups in total. The van der Waals surface area contributed by atoms with Crippen LogP contribution in [0.1, 0.15) is 6.42 Å². The average Bonchev–Trinajstić information content (AvgIpc) is 2.81. The molecule has 0 aromatic carbocycles. The lowest BCUT2D eigenvalue weighted by atomic mass is 9.96. The molecule has 3 unspecified atom stereocenters. The molecule has 0 radical (unpaired) electrons. The Morgan fingerprint density at radius 3 is 2.17 bits per heavy atom. The number of hydrogen-bond donors (Lipinski definition) is 4. The number of halogens is 1. The summed E-state index contributed by atoms with van der Waals surface area (Å²) in [4.78, 5) is 39.6. The Kier molecular flexibility index (Phi) is 8.81. The van der Waals surface area contributed by atoms with Crippen LogP contribution in [0, 0.1) is 0 Å². The predicted molar refractivity (Wildman–Crippen MR) is 88.6 cm³/mol. The highest BCUT2D eigenvalue weighted by Crippen LogP contribution is 2.66. The van der Waals surface area contributed by atoms with Crippen molar-refractivity contribution in [3.8, 4) is 0 Å². The average molecular weight is 484 g/mol. The Hall–Kier alpha value is -1.06. The van der Waals surface area contributed by atoms with Crippen LogP contribution in [0.2, 0.25) is 0 Å². The molecule has 164 valence electrons. The fraction of sp³-hybridized carbons (Fsp3) is 1.00. The number of hydrogen-bond acceptors (Lipinski definition) is 10. The number of nitrogens with zero attached hydrogens (tertiary/aromatic N) is 6. The van der Waals surface area contributed by atoms with E-state index in [-0.39, 0.29) is 6.42 Å². The minimum atomic E-state index is -5.72. The third-order valence-corrected chi connectivity index (χ3v) is 6.64. The summed E-state index contributed by atoms with van der Waals surface area (Å²) in [6.07, 6.45) is -6.28. The van der Waals surface area contributed by atoms with E-state index in [9.17, 15) is 23.0 Å². The van der Waals surface area contributed by atoms with Gasteiger partial charge in [0.05, 0.1) is 12.7 Å². The van der Waals surface area contributed by atoms with E-state index >= 15 is 0 Å². The van der Waals surface area contributed by atoms with E-state index in [0.29, 0.717) is 0 Å². The number of azide groups is 1. The maximum absolute atomic E-state index is 14.2. The van der Waals surface area contributed by atoms with Gasteiger partial charge in [0.1, 0.15) is 14.0 Å². The molecule has 1 fully saturated rings. The first-order valence-corrected chi connectivity index (χ1v) is 11.6. The number of phosphoric ester groups is 1. The Balaban J connectivity index is 2.83. The molecule has 5 atom stereocenters. The van der Waals surface area contributed by atoms with E-state index in [0.717, 1.165) is 0 Å². The highest BCUT2D eigenvalue weighted by atomic mass is 31.3. The second-order valence-corrected chi connectivity index (χ2v) is 9.59. The first-order valence-electron chi connectivity index (χ1n) is 7.03. The molecular formula is C6H13BFN6O12P3. The molecule has 0 aliphatic carbocycles. The van der Waals surface area contributed by atoms with Gasteiger partial charge in [-0.05, 0) is 27.7 Å². The summed E-state index contributed by atoms with van der Waals surface area (Å²) >= 11 is 0. The molecule has 29 heavy (non-hydrogen) atoms. The Morgan fingerprint density at radius 2 is 1.69 bits per heavy atom. The van der Waals surface area contributed by atoms with Crippen LogP contribution in [0.3, 0.4) is 0 Å². The highest BCUT2D eigenvalue weighted by Gasteiger charge is 2.44. The highest BCUT2D eigenvalue weighted by molar-refractivity contribution is 7.66. The van der Waals surface area contributed by atoms with Crippen molar-refractivity contribution < 1.29 is 60.3 Å². The van der Waals surface area contributed by atoms with Gasteiger partial charge in [-0.15, -0.1) is 0 Å². The van der Waals surface area contributed by atoms with Gasteiger partial charge in [0, 0.05) is 15.8 Å². The molecule has 1 heterocycles. The SMILES string of the molecule is B[C@H]1C[C@@H](OC(F)(N=[N+]=[N-])N=[N+]=[N-])C(COP(=O)(O)OP(=O)(O)OP(=O)(O)O)O1. The molecule has 23 heteroatoms. The third kappa shape index (κ3) is 9.53. The lowest BCUT2D eigenvalue weighted by Crippen LogP contribution is -2.35. The van der Waals surface area contributed by atoms with Crippen molar-refractivity contribution in [1.82, 2.24) is 0 Å². The lowest BCUT2D eigenvalue weighted by molar-refractivity contribution is -0.184. The minimum absolute atomic E-state index is 0.0853. The third-order valence-electron chi connectivity index (χ3n) is 2.84. The quantitative estimate of drug-likeness (QED) is 0.0786. The zero-order chi connectivity index (χ0) is 22.5. The molecule has 1 aliphatic heterocycles. The van der Waals surface area contributed by atoms with Crippen molar-refractivity contribution in [1.29, 1.82) is 0 Å². The van der Waals surface area contributed by atoms with Crippen LogP contribution in [-0.2, 0) is 36.3 Å². The van der Waals surface area contributed by atoms with Crippen LogP contribution >= 0.6 is 23.5 Å². The second kappa shape index (κ2) is 9.83. The Morgan fingerprint density at radius 1 is 1.14 bits per heavy atom. The standard InChI is InChI=1S/C6H13BFN6O12P3/c7-5-1-3(24-6(8,11-13-9)12-14-10)4(23-5)2-22-28(18,19)26-29(20,21)25-27(15,16)17/h3-5H,1-2,7H2,(H,18,19)(H,20,21)(H2,15,16,17)/t3-,4?,5-/m1/s1. The summed E-state index contributed by atoms with van der Waals surface area (Å²) in [6.45, 7) is -0.943. The molecule has 0 aromatic heterocycles. The summed E-state index contributed by atoms with van der Waals surface area (Å²) in [5.74, 6) is 0. The Bertz CT molecular complexity index is 826. The van der Waals surface area contributed by atoms with Gasteiger partial charge in [0.15, 0.2) is 0 Å². The fourth-order valence-corrected chi connectivity index (χ4v) is 5.06. The largest absolute Gasteiger partial charge is 0.490 e. The first kappa shape index (κ1) is 26.0. The summed E-state index contributed by atoms with van der Waals surface area (Å²) in [5, 5.41) is 5.09. The molecule has 18 nitrogen and oxygen atoms in total. The molecular weight excluding hydrogens is 471 g/mol. The number of alkyl halides is 1. The maximum Gasteiger partial charge on any atom is 0.490 e. The normalized spacial score (nSPS) is 28.2. The van der Waals surface area contributed by atoms with Gasteiger partial charge in [0.2, 0.25) is 0 Å². The van der Waals surface area contributed by atoms with Gasteiger partial charge >= 0.3 is 29.6 Å². The van der Waals surface area contributed by atoms with Crippen LogP contribution in [0.15, 0.2) is 10.2 Å². The van der Waals surface area contributed by atoms with Crippen LogP contribution < -0.4 is 0 Å². The smallest absolute Gasteiger partial charge is 0.379 e. The summed E-state index contributed by atoms with van der Waals surface area (Å²) in [5.41, 5.74) is 16.6. The van der Waals surface area contributed by atoms with Gasteiger partial charge < -0.3 is 29.0 Å². The van der Waals surface area contributed by atoms with E-state index in [1.807, 2.05) is 0 Å². The summed E-state index contributed by atoms with van der Waals surface area (Å²) in [7, 11) is -15.3. The van der Waals surface area contributed by atoms with Crippen LogP contribution in [0.5, 0.6) is 0 Å². The molecule has 0 aromatic rings. The minimum Gasteiger partial charge on any atom is -0.379 e. The topological polar surface area (TPSA) is 276 Å². The van der Waals surface area contributed by atoms with E-state index < -0.39 is 54.4 Å². The van der Waals surface area contributed by atoms with Crippen molar-refractivity contribution in [2.24, 2.45) is 10.2 Å². The van der Waals surface area contributed by atoms with E-state index in [1.165, 1.54) is 7.85 Å². The van der Waals surface area contributed by atoms with Crippen LogP contribution in [0.4, 0.5) is 4.39 Å². The van der Waals surface area contributed by atoms with Gasteiger partial charge in [-0.25, -0.2) is 13.7 Å². The fourth-order valence-electron chi connectivity index (χ4n) is 2.03. The molecule has 0 saturated carbocycles. The van der Waals surface area contributed by atoms with Crippen molar-refractivity contribution in [2.75, 3.05) is 6.61 Å². The second-order valence-electron chi connectivity index (χ2n) is 5.17. The van der Waals surface area contributed by atoms with Gasteiger partial charge in [-0.1, -0.05) is 0 Å². The van der Waals surface area contributed by atoms with E-state index in [1.54, 1.807) is 0 Å². The van der Waals surface area contributed by atoms with Crippen LogP contribution in [-0.4, -0.2) is 58.3 Å². The summed E-state index contributed by atoms with van der Waals surface area (Å²) < 4.78 is 69.0. The number of rotatable bonds is 11. The Labute approximate surface area is 161 Å². The number of ether oxygens (including phenoxy) is 2. The zero-order valence-electron chi connectivity index (χ0n) is 14.1. The van der Waals surface area contributed by atoms with Crippen LogP contribution in [0.25, 0.3) is 20.9 Å². The molecule has 0 bridgehead atoms. The molecule has 1 saturated heterocycles.